The summed E-state index contributed by atoms with van der Waals surface area (Å²) in [6, 6.07) is 10.8. The normalized spacial score (nSPS) is 15.5. The summed E-state index contributed by atoms with van der Waals surface area (Å²) in [5.74, 6) is 2.56. The number of benzene rings is 1. The maximum absolute atomic E-state index is 4.53. The van der Waals surface area contributed by atoms with Crippen LogP contribution in [0.15, 0.2) is 30.3 Å². The van der Waals surface area contributed by atoms with Crippen LogP contribution in [-0.2, 0) is 0 Å². The van der Waals surface area contributed by atoms with Gasteiger partial charge in [0, 0.05) is 17.8 Å². The summed E-state index contributed by atoms with van der Waals surface area (Å²) in [6.07, 6.45) is 6.47. The zero-order valence-electron chi connectivity index (χ0n) is 13.4. The summed E-state index contributed by atoms with van der Waals surface area (Å²) in [4.78, 5) is 9.03. The summed E-state index contributed by atoms with van der Waals surface area (Å²) in [7, 11) is 0. The van der Waals surface area contributed by atoms with Gasteiger partial charge >= 0.3 is 0 Å². The Morgan fingerprint density at radius 3 is 2.45 bits per heavy atom. The van der Waals surface area contributed by atoms with Gasteiger partial charge in [-0.3, -0.25) is 0 Å². The standard InChI is InChI=1S/C18H24N4/c1-13-8-6-7-11-16(13)22-18-12-17(19-14(2)20-18)21-15-9-4-3-5-10-15/h6-8,11-12,15H,3-5,9-10H2,1-2H3,(H2,19,20,21,22). The third-order valence-corrected chi connectivity index (χ3v) is 4.20. The zero-order chi connectivity index (χ0) is 15.4. The molecule has 1 aromatic carbocycles. The maximum Gasteiger partial charge on any atom is 0.136 e. The second kappa shape index (κ2) is 6.77. The first-order chi connectivity index (χ1) is 10.7. The molecule has 4 nitrogen and oxygen atoms in total. The molecule has 4 heteroatoms. The molecule has 1 saturated carbocycles. The van der Waals surface area contributed by atoms with E-state index >= 15 is 0 Å². The number of nitrogens with one attached hydrogen (secondary N) is 2. The van der Waals surface area contributed by atoms with Gasteiger partial charge in [-0.15, -0.1) is 0 Å². The molecule has 1 aliphatic rings. The molecule has 2 aromatic rings. The van der Waals surface area contributed by atoms with E-state index in [2.05, 4.69) is 39.7 Å². The lowest BCUT2D eigenvalue weighted by Crippen LogP contribution is -2.23. The van der Waals surface area contributed by atoms with Gasteiger partial charge in [-0.1, -0.05) is 37.5 Å². The van der Waals surface area contributed by atoms with Crippen LogP contribution in [0.5, 0.6) is 0 Å². The molecule has 2 N–H and O–H groups in total. The van der Waals surface area contributed by atoms with Crippen molar-refractivity contribution < 1.29 is 0 Å². The minimum Gasteiger partial charge on any atom is -0.367 e. The van der Waals surface area contributed by atoms with Gasteiger partial charge < -0.3 is 10.6 Å². The van der Waals surface area contributed by atoms with E-state index in [4.69, 9.17) is 0 Å². The number of rotatable bonds is 4. The van der Waals surface area contributed by atoms with Gasteiger partial charge in [0.15, 0.2) is 0 Å². The quantitative estimate of drug-likeness (QED) is 0.867. The summed E-state index contributed by atoms with van der Waals surface area (Å²) >= 11 is 0. The molecule has 116 valence electrons. The maximum atomic E-state index is 4.53. The molecule has 0 bridgehead atoms. The highest BCUT2D eigenvalue weighted by Crippen LogP contribution is 2.24. The highest BCUT2D eigenvalue weighted by Gasteiger charge is 2.14. The van der Waals surface area contributed by atoms with Crippen molar-refractivity contribution in [3.05, 3.63) is 41.7 Å². The van der Waals surface area contributed by atoms with Crippen molar-refractivity contribution in [1.82, 2.24) is 9.97 Å². The third-order valence-electron chi connectivity index (χ3n) is 4.20. The molecule has 1 fully saturated rings. The van der Waals surface area contributed by atoms with Crippen LogP contribution in [0.4, 0.5) is 17.3 Å². The minimum absolute atomic E-state index is 0.550. The van der Waals surface area contributed by atoms with Crippen molar-refractivity contribution in [2.24, 2.45) is 0 Å². The van der Waals surface area contributed by atoms with Crippen molar-refractivity contribution in [3.63, 3.8) is 0 Å². The Labute approximate surface area is 132 Å². The summed E-state index contributed by atoms with van der Waals surface area (Å²) in [5.41, 5.74) is 2.30. The van der Waals surface area contributed by atoms with Gasteiger partial charge in [0.1, 0.15) is 17.5 Å². The van der Waals surface area contributed by atoms with Crippen molar-refractivity contribution in [1.29, 1.82) is 0 Å². The summed E-state index contributed by atoms with van der Waals surface area (Å²) in [5, 5.41) is 6.97. The molecular formula is C18H24N4. The molecule has 0 spiro atoms. The Morgan fingerprint density at radius 1 is 0.955 bits per heavy atom. The first kappa shape index (κ1) is 14.8. The number of nitrogens with zero attached hydrogens (tertiary/aromatic N) is 2. The van der Waals surface area contributed by atoms with E-state index in [0.717, 1.165) is 23.1 Å². The second-order valence-electron chi connectivity index (χ2n) is 6.10. The molecule has 0 aliphatic heterocycles. The number of hydrogen-bond donors (Lipinski definition) is 2. The number of para-hydroxylation sites is 1. The molecule has 0 saturated heterocycles. The third kappa shape index (κ3) is 3.75. The first-order valence-corrected chi connectivity index (χ1v) is 8.15. The van der Waals surface area contributed by atoms with Gasteiger partial charge in [-0.05, 0) is 38.3 Å². The summed E-state index contributed by atoms with van der Waals surface area (Å²) in [6.45, 7) is 4.03. The van der Waals surface area contributed by atoms with Crippen LogP contribution >= 0.6 is 0 Å². The van der Waals surface area contributed by atoms with Crippen molar-refractivity contribution >= 4 is 17.3 Å². The average Bonchev–Trinajstić information content (AvgIpc) is 2.50. The SMILES string of the molecule is Cc1nc(Nc2ccccc2C)cc(NC2CCCCC2)n1. The van der Waals surface area contributed by atoms with E-state index in [0.29, 0.717) is 6.04 Å². The average molecular weight is 296 g/mol. The number of hydrogen-bond acceptors (Lipinski definition) is 4. The number of aryl methyl sites for hydroxylation is 2. The molecule has 1 heterocycles. The van der Waals surface area contributed by atoms with Crippen LogP contribution in [0.2, 0.25) is 0 Å². The van der Waals surface area contributed by atoms with Gasteiger partial charge in [0.25, 0.3) is 0 Å². The van der Waals surface area contributed by atoms with Crippen LogP contribution < -0.4 is 10.6 Å². The lowest BCUT2D eigenvalue weighted by molar-refractivity contribution is 0.462. The lowest BCUT2D eigenvalue weighted by Gasteiger charge is -2.23. The molecule has 1 aromatic heterocycles. The van der Waals surface area contributed by atoms with E-state index in [-0.39, 0.29) is 0 Å². The smallest absolute Gasteiger partial charge is 0.136 e. The van der Waals surface area contributed by atoms with Crippen LogP contribution in [0.3, 0.4) is 0 Å². The minimum atomic E-state index is 0.550. The predicted molar refractivity (Wildman–Crippen MR) is 91.7 cm³/mol. The molecule has 22 heavy (non-hydrogen) atoms. The molecule has 1 aliphatic carbocycles. The van der Waals surface area contributed by atoms with Crippen molar-refractivity contribution in [3.8, 4) is 0 Å². The topological polar surface area (TPSA) is 49.8 Å². The lowest BCUT2D eigenvalue weighted by atomic mass is 9.95. The van der Waals surface area contributed by atoms with E-state index in [9.17, 15) is 0 Å². The Bertz CT molecular complexity index is 633. The number of aromatic nitrogens is 2. The molecule has 0 atom stereocenters. The van der Waals surface area contributed by atoms with E-state index in [1.165, 1.54) is 37.7 Å². The Morgan fingerprint density at radius 2 is 1.68 bits per heavy atom. The molecule has 0 amide bonds. The van der Waals surface area contributed by atoms with Crippen LogP contribution in [0.25, 0.3) is 0 Å². The fourth-order valence-electron chi connectivity index (χ4n) is 3.01. The predicted octanol–water partition coefficient (Wildman–Crippen LogP) is 4.58. The van der Waals surface area contributed by atoms with Crippen LogP contribution in [0, 0.1) is 13.8 Å². The van der Waals surface area contributed by atoms with E-state index < -0.39 is 0 Å². The van der Waals surface area contributed by atoms with E-state index in [1.807, 2.05) is 25.1 Å². The van der Waals surface area contributed by atoms with Crippen molar-refractivity contribution in [2.75, 3.05) is 10.6 Å². The largest absolute Gasteiger partial charge is 0.367 e. The fourth-order valence-corrected chi connectivity index (χ4v) is 3.01. The second-order valence-corrected chi connectivity index (χ2v) is 6.10. The zero-order valence-corrected chi connectivity index (χ0v) is 13.4. The molecular weight excluding hydrogens is 272 g/mol. The Hall–Kier alpha value is -2.10. The monoisotopic (exact) mass is 296 g/mol. The highest BCUT2D eigenvalue weighted by atomic mass is 15.1. The Balaban J connectivity index is 1.76. The molecule has 3 rings (SSSR count). The van der Waals surface area contributed by atoms with E-state index in [1.54, 1.807) is 0 Å². The van der Waals surface area contributed by atoms with Gasteiger partial charge in [0.05, 0.1) is 0 Å². The van der Waals surface area contributed by atoms with Crippen LogP contribution in [-0.4, -0.2) is 16.0 Å². The fraction of sp³-hybridized carbons (Fsp3) is 0.444. The highest BCUT2D eigenvalue weighted by molar-refractivity contribution is 5.62. The van der Waals surface area contributed by atoms with Gasteiger partial charge in [-0.2, -0.15) is 0 Å². The van der Waals surface area contributed by atoms with Crippen LogP contribution in [0.1, 0.15) is 43.5 Å². The van der Waals surface area contributed by atoms with Gasteiger partial charge in [0.2, 0.25) is 0 Å². The van der Waals surface area contributed by atoms with Gasteiger partial charge in [-0.25, -0.2) is 9.97 Å². The first-order valence-electron chi connectivity index (χ1n) is 8.15. The van der Waals surface area contributed by atoms with Crippen molar-refractivity contribution in [2.45, 2.75) is 52.0 Å². The molecule has 0 radical (unpaired) electrons. The Kier molecular flexibility index (Phi) is 4.56. The number of anilines is 3. The summed E-state index contributed by atoms with van der Waals surface area (Å²) < 4.78 is 0. The molecule has 0 unspecified atom stereocenters.